The summed E-state index contributed by atoms with van der Waals surface area (Å²) in [4.78, 5) is 22.6. The highest BCUT2D eigenvalue weighted by Crippen LogP contribution is 2.32. The van der Waals surface area contributed by atoms with Gasteiger partial charge in [-0.25, -0.2) is 9.97 Å². The third kappa shape index (κ3) is 4.23. The van der Waals surface area contributed by atoms with Crippen LogP contribution >= 0.6 is 34.3 Å². The molecule has 0 atom stereocenters. The van der Waals surface area contributed by atoms with Crippen molar-refractivity contribution in [2.75, 3.05) is 5.32 Å². The van der Waals surface area contributed by atoms with Gasteiger partial charge in [0.05, 0.1) is 21.3 Å². The molecule has 1 amide bonds. The molecule has 0 fully saturated rings. The van der Waals surface area contributed by atoms with Crippen LogP contribution in [0.5, 0.6) is 5.75 Å². The van der Waals surface area contributed by atoms with Gasteiger partial charge in [-0.05, 0) is 52.0 Å². The van der Waals surface area contributed by atoms with Crippen LogP contribution in [0, 0.1) is 13.8 Å². The average Bonchev–Trinajstić information content (AvgIpc) is 3.15. The summed E-state index contributed by atoms with van der Waals surface area (Å²) in [6.07, 6.45) is 0. The van der Waals surface area contributed by atoms with Crippen molar-refractivity contribution >= 4 is 45.3 Å². The zero-order valence-corrected chi connectivity index (χ0v) is 17.2. The Kier molecular flexibility index (Phi) is 5.32. The number of nitrogens with zero attached hydrogens (tertiary/aromatic N) is 2. The first kappa shape index (κ1) is 18.8. The van der Waals surface area contributed by atoms with Crippen LogP contribution in [0.25, 0.3) is 10.6 Å². The first-order valence-electron chi connectivity index (χ1n) is 7.90. The number of ether oxygens (including phenoxy) is 1. The number of anilines is 1. The summed E-state index contributed by atoms with van der Waals surface area (Å²) in [6.45, 7) is 7.34. The van der Waals surface area contributed by atoms with Crippen molar-refractivity contribution in [1.29, 1.82) is 0 Å². The largest absolute Gasteiger partial charge is 0.478 e. The van der Waals surface area contributed by atoms with Gasteiger partial charge < -0.3 is 4.74 Å². The number of hydrogen-bond acceptors (Lipinski definition) is 6. The Morgan fingerprint density at radius 2 is 1.88 bits per heavy atom. The summed E-state index contributed by atoms with van der Waals surface area (Å²) in [5.74, 6) is 0.302. The molecule has 1 N–H and O–H groups in total. The number of carbonyl (C=O) groups is 1. The molecule has 3 aromatic rings. The summed E-state index contributed by atoms with van der Waals surface area (Å²) >= 11 is 8.84. The van der Waals surface area contributed by atoms with Crippen LogP contribution in [-0.4, -0.2) is 21.5 Å². The molecule has 5 nitrogen and oxygen atoms in total. The molecule has 0 saturated heterocycles. The van der Waals surface area contributed by atoms with E-state index in [0.717, 1.165) is 21.3 Å². The molecule has 2 aromatic heterocycles. The Hall–Kier alpha value is -1.96. The summed E-state index contributed by atoms with van der Waals surface area (Å²) in [5, 5.41) is 6.89. The minimum Gasteiger partial charge on any atom is -0.478 e. The lowest BCUT2D eigenvalue weighted by Crippen LogP contribution is -2.42. The Balaban J connectivity index is 1.71. The highest BCUT2D eigenvalue weighted by atomic mass is 35.5. The Bertz CT molecular complexity index is 932. The van der Waals surface area contributed by atoms with E-state index < -0.39 is 5.60 Å². The van der Waals surface area contributed by atoms with Crippen molar-refractivity contribution < 1.29 is 9.53 Å². The molecule has 0 spiro atoms. The fourth-order valence-corrected chi connectivity index (χ4v) is 4.07. The van der Waals surface area contributed by atoms with Crippen LogP contribution in [-0.2, 0) is 4.79 Å². The van der Waals surface area contributed by atoms with Gasteiger partial charge in [0, 0.05) is 10.4 Å². The van der Waals surface area contributed by atoms with Crippen molar-refractivity contribution in [1.82, 2.24) is 9.97 Å². The molecule has 0 saturated carbocycles. The number of nitrogens with one attached hydrogen (secondary N) is 1. The first-order chi connectivity index (χ1) is 12.2. The van der Waals surface area contributed by atoms with E-state index in [1.165, 1.54) is 11.3 Å². The molecule has 26 heavy (non-hydrogen) atoms. The topological polar surface area (TPSA) is 64.1 Å². The average molecular weight is 408 g/mol. The summed E-state index contributed by atoms with van der Waals surface area (Å²) < 4.78 is 5.80. The van der Waals surface area contributed by atoms with E-state index >= 15 is 0 Å². The maximum absolute atomic E-state index is 12.6. The molecule has 8 heteroatoms. The monoisotopic (exact) mass is 407 g/mol. The lowest BCUT2D eigenvalue weighted by Gasteiger charge is -2.24. The third-order valence-corrected chi connectivity index (χ3v) is 5.70. The quantitative estimate of drug-likeness (QED) is 0.620. The van der Waals surface area contributed by atoms with Crippen LogP contribution in [0.1, 0.15) is 24.5 Å². The van der Waals surface area contributed by atoms with Crippen LogP contribution < -0.4 is 10.1 Å². The molecular weight excluding hydrogens is 390 g/mol. The van der Waals surface area contributed by atoms with Gasteiger partial charge in [-0.15, -0.1) is 22.7 Å². The van der Waals surface area contributed by atoms with Gasteiger partial charge in [-0.3, -0.25) is 10.1 Å². The number of aryl methyl sites for hydroxylation is 2. The second kappa shape index (κ2) is 7.34. The van der Waals surface area contributed by atoms with E-state index in [1.807, 2.05) is 19.2 Å². The Labute approximate surface area is 165 Å². The van der Waals surface area contributed by atoms with Crippen LogP contribution in [0.2, 0.25) is 5.02 Å². The SMILES string of the molecule is Cc1nc(C)c(-c2csc(NC(=O)C(C)(C)Oc3ccc(Cl)cc3)n2)s1. The smallest absolute Gasteiger partial charge is 0.269 e. The van der Waals surface area contributed by atoms with Crippen molar-refractivity contribution in [3.63, 3.8) is 0 Å². The van der Waals surface area contributed by atoms with E-state index in [9.17, 15) is 4.79 Å². The molecule has 0 aliphatic heterocycles. The molecule has 0 radical (unpaired) electrons. The van der Waals surface area contributed by atoms with Gasteiger partial charge in [0.15, 0.2) is 10.7 Å². The lowest BCUT2D eigenvalue weighted by molar-refractivity contribution is -0.128. The van der Waals surface area contributed by atoms with Crippen molar-refractivity contribution in [3.8, 4) is 16.3 Å². The minimum atomic E-state index is -1.06. The first-order valence-corrected chi connectivity index (χ1v) is 9.98. The van der Waals surface area contributed by atoms with Crippen LogP contribution in [0.15, 0.2) is 29.6 Å². The van der Waals surface area contributed by atoms with Crippen LogP contribution in [0.3, 0.4) is 0 Å². The summed E-state index contributed by atoms with van der Waals surface area (Å²) in [7, 11) is 0. The number of benzene rings is 1. The maximum Gasteiger partial charge on any atom is 0.269 e. The van der Waals surface area contributed by atoms with E-state index in [0.29, 0.717) is 15.9 Å². The second-order valence-corrected chi connectivity index (χ2v) is 8.70. The molecular formula is C18H18ClN3O2S2. The van der Waals surface area contributed by atoms with Crippen molar-refractivity contribution in [2.45, 2.75) is 33.3 Å². The van der Waals surface area contributed by atoms with Crippen LogP contribution in [0.4, 0.5) is 5.13 Å². The molecule has 0 bridgehead atoms. The number of aromatic nitrogens is 2. The number of thiazole rings is 2. The molecule has 136 valence electrons. The molecule has 0 aliphatic carbocycles. The fraction of sp³-hybridized carbons (Fsp3) is 0.278. The van der Waals surface area contributed by atoms with Crippen molar-refractivity contribution in [3.05, 3.63) is 45.4 Å². The standard InChI is InChI=1S/C18H18ClN3O2S2/c1-10-15(26-11(2)20-10)14-9-25-17(21-14)22-16(23)18(3,4)24-13-7-5-12(19)6-8-13/h5-9H,1-4H3,(H,21,22,23). The third-order valence-electron chi connectivity index (χ3n) is 3.59. The van der Waals surface area contributed by atoms with Gasteiger partial charge in [0.25, 0.3) is 5.91 Å². The Morgan fingerprint density at radius 1 is 1.19 bits per heavy atom. The molecule has 0 aliphatic rings. The fourth-order valence-electron chi connectivity index (χ4n) is 2.30. The van der Waals surface area contributed by atoms with Gasteiger partial charge in [0.2, 0.25) is 0 Å². The molecule has 0 unspecified atom stereocenters. The predicted molar refractivity (Wildman–Crippen MR) is 107 cm³/mol. The second-order valence-electron chi connectivity index (χ2n) is 6.21. The zero-order valence-electron chi connectivity index (χ0n) is 14.8. The van der Waals surface area contributed by atoms with Gasteiger partial charge in [0.1, 0.15) is 5.75 Å². The molecule has 1 aromatic carbocycles. The van der Waals surface area contributed by atoms with E-state index in [-0.39, 0.29) is 5.91 Å². The normalized spacial score (nSPS) is 11.4. The molecule has 3 rings (SSSR count). The summed E-state index contributed by atoms with van der Waals surface area (Å²) in [6, 6.07) is 6.90. The highest BCUT2D eigenvalue weighted by molar-refractivity contribution is 7.16. The van der Waals surface area contributed by atoms with Gasteiger partial charge in [-0.1, -0.05) is 11.6 Å². The number of hydrogen-bond donors (Lipinski definition) is 1. The van der Waals surface area contributed by atoms with E-state index in [4.69, 9.17) is 16.3 Å². The Morgan fingerprint density at radius 3 is 2.50 bits per heavy atom. The number of rotatable bonds is 5. The van der Waals surface area contributed by atoms with Gasteiger partial charge >= 0.3 is 0 Å². The number of halogens is 1. The molecule has 2 heterocycles. The minimum absolute atomic E-state index is 0.273. The van der Waals surface area contributed by atoms with E-state index in [2.05, 4.69) is 15.3 Å². The number of amides is 1. The maximum atomic E-state index is 12.6. The van der Waals surface area contributed by atoms with Crippen molar-refractivity contribution in [2.24, 2.45) is 0 Å². The van der Waals surface area contributed by atoms with E-state index in [1.54, 1.807) is 49.4 Å². The highest BCUT2D eigenvalue weighted by Gasteiger charge is 2.31. The number of carbonyl (C=O) groups excluding carboxylic acids is 1. The zero-order chi connectivity index (χ0) is 18.9. The lowest BCUT2D eigenvalue weighted by atomic mass is 10.1. The summed E-state index contributed by atoms with van der Waals surface area (Å²) in [5.41, 5.74) is 0.711. The predicted octanol–water partition coefficient (Wildman–Crippen LogP) is 5.33. The van der Waals surface area contributed by atoms with Gasteiger partial charge in [-0.2, -0.15) is 0 Å².